The highest BCUT2D eigenvalue weighted by atomic mass is 31.2. The molecule has 272 valence electrons. The summed E-state index contributed by atoms with van der Waals surface area (Å²) >= 11 is 0. The lowest BCUT2D eigenvalue weighted by atomic mass is 9.90. The summed E-state index contributed by atoms with van der Waals surface area (Å²) in [6.07, 6.45) is -1.00. The van der Waals surface area contributed by atoms with Crippen LogP contribution in [0.3, 0.4) is 0 Å². The van der Waals surface area contributed by atoms with Crippen molar-refractivity contribution in [3.8, 4) is 34.0 Å². The zero-order valence-electron chi connectivity index (χ0n) is 31.0. The van der Waals surface area contributed by atoms with Gasteiger partial charge in [0, 0.05) is 24.7 Å². The molecule has 0 saturated carbocycles. The van der Waals surface area contributed by atoms with E-state index in [0.717, 1.165) is 49.6 Å². The van der Waals surface area contributed by atoms with E-state index in [4.69, 9.17) is 13.9 Å². The van der Waals surface area contributed by atoms with E-state index in [1.807, 2.05) is 86.6 Å². The Morgan fingerprint density at radius 1 is 0.925 bits per heavy atom. The smallest absolute Gasteiger partial charge is 0.305 e. The molecule has 6 rings (SSSR count). The van der Waals surface area contributed by atoms with Crippen LogP contribution < -0.4 is 10.4 Å². The largest absolute Gasteiger partial charge is 0.481 e. The molecule has 1 aliphatic carbocycles. The molecule has 0 aliphatic heterocycles. The van der Waals surface area contributed by atoms with Crippen molar-refractivity contribution in [2.75, 3.05) is 13.3 Å². The van der Waals surface area contributed by atoms with Crippen LogP contribution in [0.25, 0.3) is 22.4 Å². The highest BCUT2D eigenvalue weighted by Gasteiger charge is 2.52. The number of benzene rings is 4. The number of pyridine rings is 1. The van der Waals surface area contributed by atoms with Gasteiger partial charge in [-0.25, -0.2) is 4.39 Å². The molecule has 0 fully saturated rings. The maximum Gasteiger partial charge on any atom is 0.305 e. The van der Waals surface area contributed by atoms with Crippen LogP contribution >= 0.6 is 7.37 Å². The van der Waals surface area contributed by atoms with Crippen molar-refractivity contribution in [3.63, 3.8) is 0 Å². The van der Waals surface area contributed by atoms with Crippen molar-refractivity contribution < 1.29 is 27.8 Å². The monoisotopic (exact) mass is 745 g/mol. The topological polar surface area (TPSA) is 85.7 Å². The molecule has 0 spiro atoms. The van der Waals surface area contributed by atoms with E-state index in [1.54, 1.807) is 12.1 Å². The van der Waals surface area contributed by atoms with E-state index < -0.39 is 39.2 Å². The Bertz CT molecular complexity index is 2190. The highest BCUT2D eigenvalue weighted by Crippen LogP contribution is 2.49. The van der Waals surface area contributed by atoms with Crippen molar-refractivity contribution in [3.05, 3.63) is 137 Å². The molecule has 2 atom stereocenters. The van der Waals surface area contributed by atoms with Gasteiger partial charge in [-0.3, -0.25) is 14.3 Å². The normalized spacial score (nSPS) is 14.1. The van der Waals surface area contributed by atoms with Gasteiger partial charge in [0.05, 0.1) is 35.6 Å². The number of rotatable bonds is 11. The summed E-state index contributed by atoms with van der Waals surface area (Å²) in [5.74, 6) is 1.76. The third-order valence-corrected chi connectivity index (χ3v) is 16.9. The first-order chi connectivity index (χ1) is 25.3. The molecular formula is C44H45FNO5PSi. The number of hydrogen-bond donors (Lipinski definition) is 1. The number of carboxylic acid groups (broad SMARTS) is 1. The highest BCUT2D eigenvalue weighted by molar-refractivity contribution is 7.64. The number of hydrogen-bond acceptors (Lipinski definition) is 5. The van der Waals surface area contributed by atoms with Gasteiger partial charge in [0.25, 0.3) is 15.7 Å². The summed E-state index contributed by atoms with van der Waals surface area (Å²) in [4.78, 5) is 17.6. The van der Waals surface area contributed by atoms with E-state index in [-0.39, 0.29) is 17.9 Å². The number of aromatic nitrogens is 1. The van der Waals surface area contributed by atoms with Crippen LogP contribution in [0.15, 0.2) is 109 Å². The molecule has 1 heterocycles. The molecule has 5 aromatic rings. The van der Waals surface area contributed by atoms with Crippen molar-refractivity contribution in [2.24, 2.45) is 0 Å². The van der Waals surface area contributed by atoms with E-state index in [2.05, 4.69) is 44.5 Å². The van der Waals surface area contributed by atoms with Crippen molar-refractivity contribution in [1.29, 1.82) is 0 Å². The van der Waals surface area contributed by atoms with Crippen LogP contribution in [0, 0.1) is 17.4 Å². The first kappa shape index (κ1) is 38.1. The maximum absolute atomic E-state index is 14.8. The van der Waals surface area contributed by atoms with Crippen LogP contribution in [-0.2, 0) is 24.7 Å². The number of halogens is 1. The van der Waals surface area contributed by atoms with Gasteiger partial charge in [-0.1, -0.05) is 138 Å². The van der Waals surface area contributed by atoms with Crippen LogP contribution in [0.1, 0.15) is 69.3 Å². The van der Waals surface area contributed by atoms with Crippen LogP contribution in [0.5, 0.6) is 0 Å². The summed E-state index contributed by atoms with van der Waals surface area (Å²) < 4.78 is 42.0. The molecule has 6 nitrogen and oxygen atoms in total. The van der Waals surface area contributed by atoms with E-state index in [9.17, 15) is 18.9 Å². The zero-order valence-corrected chi connectivity index (χ0v) is 32.9. The summed E-state index contributed by atoms with van der Waals surface area (Å²) in [7, 11) is -5.75. The molecular weight excluding hydrogens is 701 g/mol. The Hall–Kier alpha value is -4.64. The van der Waals surface area contributed by atoms with E-state index in [0.29, 0.717) is 12.0 Å². The third kappa shape index (κ3) is 7.72. The minimum atomic E-state index is -3.86. The number of nitrogens with zero attached hydrogens (tertiary/aromatic N) is 1. The van der Waals surface area contributed by atoms with Crippen molar-refractivity contribution >= 4 is 32.0 Å². The molecule has 0 saturated heterocycles. The van der Waals surface area contributed by atoms with E-state index >= 15 is 0 Å². The Labute approximate surface area is 313 Å². The predicted octanol–water partition coefficient (Wildman–Crippen LogP) is 9.24. The van der Waals surface area contributed by atoms with Crippen LogP contribution in [-0.4, -0.2) is 43.8 Å². The van der Waals surface area contributed by atoms with Gasteiger partial charge in [-0.05, 0) is 55.8 Å². The van der Waals surface area contributed by atoms with Gasteiger partial charge < -0.3 is 14.1 Å². The van der Waals surface area contributed by atoms with Crippen LogP contribution in [0.2, 0.25) is 5.04 Å². The molecule has 1 unspecified atom stereocenters. The van der Waals surface area contributed by atoms with Gasteiger partial charge in [0.15, 0.2) is 0 Å². The number of carbonyl (C=O) groups is 1. The summed E-state index contributed by atoms with van der Waals surface area (Å²) in [6.45, 7) is 10.4. The Kier molecular flexibility index (Phi) is 11.1. The summed E-state index contributed by atoms with van der Waals surface area (Å²) in [5.41, 5.74) is 9.94. The standard InChI is InChI=1S/C44H45FNO5PSi/c1-30(2)42-38(41(31-21-23-33(45)24-22-31)39-27-32-15-13-14-20-37(32)43(39)46-42)25-26-52(49,50-6)29-34(28-40(47)48)51-53(44(3,4)5,35-16-9-7-10-17-35)36-18-11-8-12-19-36/h7-24,30,34H,27-29H2,1-6H3,(H,47,48)/t34-,52?/m0/s1. The third-order valence-electron chi connectivity index (χ3n) is 9.90. The number of carboxylic acids is 1. The molecule has 1 aliphatic rings. The Balaban J connectivity index is 1.49. The predicted molar refractivity (Wildman–Crippen MR) is 213 cm³/mol. The maximum atomic E-state index is 14.8. The fourth-order valence-electron chi connectivity index (χ4n) is 7.47. The average molecular weight is 746 g/mol. The second-order valence-corrected chi connectivity index (χ2v) is 21.4. The Morgan fingerprint density at radius 2 is 1.51 bits per heavy atom. The molecule has 1 aromatic heterocycles. The van der Waals surface area contributed by atoms with E-state index in [1.165, 1.54) is 19.2 Å². The van der Waals surface area contributed by atoms with Crippen LogP contribution in [0.4, 0.5) is 4.39 Å². The lowest BCUT2D eigenvalue weighted by Gasteiger charge is -2.45. The first-order valence-corrected chi connectivity index (χ1v) is 21.6. The minimum absolute atomic E-state index is 0.0586. The second-order valence-electron chi connectivity index (χ2n) is 14.8. The van der Waals surface area contributed by atoms with Crippen molar-refractivity contribution in [2.45, 2.75) is 64.5 Å². The minimum Gasteiger partial charge on any atom is -0.481 e. The van der Waals surface area contributed by atoms with Gasteiger partial charge in [0.2, 0.25) is 0 Å². The summed E-state index contributed by atoms with van der Waals surface area (Å²) in [5, 5.41) is 11.7. The van der Waals surface area contributed by atoms with Gasteiger partial charge >= 0.3 is 5.97 Å². The van der Waals surface area contributed by atoms with Gasteiger partial charge in [-0.15, -0.1) is 0 Å². The number of fused-ring (bicyclic) bond motifs is 3. The number of aliphatic carboxylic acids is 1. The summed E-state index contributed by atoms with van der Waals surface area (Å²) in [6, 6.07) is 34.3. The molecule has 0 amide bonds. The quantitative estimate of drug-likeness (QED) is 0.0809. The first-order valence-electron chi connectivity index (χ1n) is 17.9. The lowest BCUT2D eigenvalue weighted by Crippen LogP contribution is -2.68. The fraction of sp³-hybridized carbons (Fsp3) is 0.273. The lowest BCUT2D eigenvalue weighted by molar-refractivity contribution is -0.138. The SMILES string of the molecule is COP(=O)(C#Cc1c(C(C)C)nc2c(c1-c1ccc(F)cc1)Cc1ccccc1-2)C[C@H](CC(=O)O)O[Si](c1ccccc1)(c1ccccc1)C(C)(C)C. The van der Waals surface area contributed by atoms with Crippen molar-refractivity contribution in [1.82, 2.24) is 4.98 Å². The molecule has 0 bridgehead atoms. The molecule has 53 heavy (non-hydrogen) atoms. The average Bonchev–Trinajstić information content (AvgIpc) is 3.51. The fourth-order valence-corrected chi connectivity index (χ4v) is 13.6. The molecule has 1 N–H and O–H groups in total. The van der Waals surface area contributed by atoms with Gasteiger partial charge in [-0.2, -0.15) is 0 Å². The zero-order chi connectivity index (χ0) is 38.0. The molecule has 9 heteroatoms. The molecule has 4 aromatic carbocycles. The molecule has 0 radical (unpaired) electrons. The second kappa shape index (κ2) is 15.4. The Morgan fingerprint density at radius 3 is 2.06 bits per heavy atom. The van der Waals surface area contributed by atoms with Gasteiger partial charge in [0.1, 0.15) is 5.82 Å².